The zero-order valence-corrected chi connectivity index (χ0v) is 10.3. The Morgan fingerprint density at radius 3 is 2.87 bits per heavy atom. The average molecular weight is 246 g/mol. The van der Waals surface area contributed by atoms with Gasteiger partial charge in [-0.15, -0.1) is 11.8 Å². The molecular formula is C11H13ClFNS. The minimum atomic E-state index is -0.304. The summed E-state index contributed by atoms with van der Waals surface area (Å²) in [6.45, 7) is 4.23. The smallest absolute Gasteiger partial charge is 0.147 e. The minimum absolute atomic E-state index is 0.0127. The van der Waals surface area contributed by atoms with Gasteiger partial charge in [0.2, 0.25) is 0 Å². The second-order valence-electron chi connectivity index (χ2n) is 4.36. The molecule has 0 radical (unpaired) electrons. The van der Waals surface area contributed by atoms with E-state index < -0.39 is 0 Å². The summed E-state index contributed by atoms with van der Waals surface area (Å²) in [6.07, 6.45) is 0. The minimum Gasteiger partial charge on any atom is -0.296 e. The maximum Gasteiger partial charge on any atom is 0.147 e. The number of hydrogen-bond donors (Lipinski definition) is 1. The third-order valence-corrected chi connectivity index (χ3v) is 4.28. The van der Waals surface area contributed by atoms with Crippen LogP contribution in [0.1, 0.15) is 24.8 Å². The Balaban J connectivity index is 2.28. The Hall–Kier alpha value is -0.250. The number of hydrogen-bond acceptors (Lipinski definition) is 2. The van der Waals surface area contributed by atoms with Gasteiger partial charge in [-0.1, -0.05) is 23.7 Å². The van der Waals surface area contributed by atoms with E-state index >= 15 is 0 Å². The number of benzene rings is 1. The van der Waals surface area contributed by atoms with E-state index in [-0.39, 0.29) is 21.8 Å². The summed E-state index contributed by atoms with van der Waals surface area (Å²) in [5.41, 5.74) is 0.711. The lowest BCUT2D eigenvalue weighted by Gasteiger charge is -2.19. The summed E-state index contributed by atoms with van der Waals surface area (Å²) in [7, 11) is 0. The van der Waals surface area contributed by atoms with Gasteiger partial charge in [-0.3, -0.25) is 5.32 Å². The fraction of sp³-hybridized carbons (Fsp3) is 0.455. The quantitative estimate of drug-likeness (QED) is 0.812. The van der Waals surface area contributed by atoms with Gasteiger partial charge in [0.25, 0.3) is 0 Å². The van der Waals surface area contributed by atoms with Gasteiger partial charge in [0, 0.05) is 16.9 Å². The Bertz CT molecular complexity index is 381. The summed E-state index contributed by atoms with van der Waals surface area (Å²) >= 11 is 7.47. The lowest BCUT2D eigenvalue weighted by atomic mass is 10.1. The lowest BCUT2D eigenvalue weighted by Crippen LogP contribution is -2.36. The van der Waals surface area contributed by atoms with Crippen LogP contribution in [-0.2, 0) is 0 Å². The van der Waals surface area contributed by atoms with Crippen molar-refractivity contribution >= 4 is 23.4 Å². The fourth-order valence-corrected chi connectivity index (χ4v) is 3.23. The molecule has 0 amide bonds. The zero-order valence-electron chi connectivity index (χ0n) is 8.68. The molecule has 0 saturated carbocycles. The molecule has 0 aliphatic carbocycles. The van der Waals surface area contributed by atoms with Crippen LogP contribution in [0.25, 0.3) is 0 Å². The molecule has 1 nitrogen and oxygen atoms in total. The summed E-state index contributed by atoms with van der Waals surface area (Å²) < 4.78 is 13.7. The van der Waals surface area contributed by atoms with Crippen LogP contribution in [0.4, 0.5) is 4.39 Å². The molecule has 1 aromatic carbocycles. The van der Waals surface area contributed by atoms with Crippen molar-refractivity contribution < 1.29 is 4.39 Å². The molecule has 82 valence electrons. The largest absolute Gasteiger partial charge is 0.296 e. The van der Waals surface area contributed by atoms with Crippen molar-refractivity contribution in [2.45, 2.75) is 24.8 Å². The van der Waals surface area contributed by atoms with Gasteiger partial charge in [0.1, 0.15) is 5.82 Å². The SMILES string of the molecule is CC1(C)CSC(c2cccc(Cl)c2F)N1. The van der Waals surface area contributed by atoms with Crippen molar-refractivity contribution in [3.05, 3.63) is 34.6 Å². The highest BCUT2D eigenvalue weighted by molar-refractivity contribution is 7.99. The Morgan fingerprint density at radius 2 is 2.27 bits per heavy atom. The molecular weight excluding hydrogens is 233 g/mol. The molecule has 0 bridgehead atoms. The van der Waals surface area contributed by atoms with E-state index in [2.05, 4.69) is 19.2 Å². The predicted molar refractivity (Wildman–Crippen MR) is 63.8 cm³/mol. The van der Waals surface area contributed by atoms with Crippen molar-refractivity contribution in [2.75, 3.05) is 5.75 Å². The second-order valence-corrected chi connectivity index (χ2v) is 5.86. The predicted octanol–water partition coefficient (Wildman–Crippen LogP) is 3.59. The van der Waals surface area contributed by atoms with E-state index in [1.807, 2.05) is 0 Å². The van der Waals surface area contributed by atoms with Gasteiger partial charge in [-0.2, -0.15) is 0 Å². The van der Waals surface area contributed by atoms with Gasteiger partial charge in [0.15, 0.2) is 0 Å². The highest BCUT2D eigenvalue weighted by Gasteiger charge is 2.32. The summed E-state index contributed by atoms with van der Waals surface area (Å²) in [5.74, 6) is 0.672. The molecule has 1 aliphatic heterocycles. The van der Waals surface area contributed by atoms with Crippen LogP contribution in [-0.4, -0.2) is 11.3 Å². The van der Waals surface area contributed by atoms with Crippen LogP contribution in [0, 0.1) is 5.82 Å². The Labute approximate surface area is 98.4 Å². The van der Waals surface area contributed by atoms with E-state index in [0.29, 0.717) is 5.56 Å². The van der Waals surface area contributed by atoms with E-state index in [9.17, 15) is 4.39 Å². The fourth-order valence-electron chi connectivity index (χ4n) is 1.62. The molecule has 0 spiro atoms. The van der Waals surface area contributed by atoms with Crippen LogP contribution < -0.4 is 5.32 Å². The molecule has 15 heavy (non-hydrogen) atoms. The van der Waals surface area contributed by atoms with Gasteiger partial charge in [0.05, 0.1) is 10.4 Å². The van der Waals surface area contributed by atoms with E-state index in [1.165, 1.54) is 0 Å². The molecule has 1 unspecified atom stereocenters. The second kappa shape index (κ2) is 3.96. The summed E-state index contributed by atoms with van der Waals surface area (Å²) in [6, 6.07) is 5.15. The molecule has 1 atom stereocenters. The van der Waals surface area contributed by atoms with Crippen molar-refractivity contribution in [1.82, 2.24) is 5.32 Å². The number of halogens is 2. The maximum atomic E-state index is 13.7. The van der Waals surface area contributed by atoms with Crippen LogP contribution in [0.5, 0.6) is 0 Å². The highest BCUT2D eigenvalue weighted by atomic mass is 35.5. The third kappa shape index (κ3) is 2.30. The molecule has 1 heterocycles. The number of rotatable bonds is 1. The average Bonchev–Trinajstić information content (AvgIpc) is 2.51. The molecule has 1 fully saturated rings. The summed E-state index contributed by atoms with van der Waals surface area (Å²) in [4.78, 5) is 0. The van der Waals surface area contributed by atoms with E-state index in [0.717, 1.165) is 5.75 Å². The third-order valence-electron chi connectivity index (χ3n) is 2.40. The Morgan fingerprint density at radius 1 is 1.53 bits per heavy atom. The maximum absolute atomic E-state index is 13.7. The standard InChI is InChI=1S/C11H13ClFNS/c1-11(2)6-15-10(14-11)7-4-3-5-8(12)9(7)13/h3-5,10,14H,6H2,1-2H3. The first-order chi connectivity index (χ1) is 6.99. The first kappa shape index (κ1) is 11.2. The molecule has 1 aromatic rings. The van der Waals surface area contributed by atoms with Gasteiger partial charge < -0.3 is 0 Å². The van der Waals surface area contributed by atoms with Gasteiger partial charge in [-0.05, 0) is 19.9 Å². The monoisotopic (exact) mass is 245 g/mol. The summed E-state index contributed by atoms with van der Waals surface area (Å²) in [5, 5.41) is 3.59. The first-order valence-electron chi connectivity index (χ1n) is 4.83. The van der Waals surface area contributed by atoms with E-state index in [4.69, 9.17) is 11.6 Å². The zero-order chi connectivity index (χ0) is 11.1. The lowest BCUT2D eigenvalue weighted by molar-refractivity contribution is 0.445. The molecule has 2 rings (SSSR count). The molecule has 1 saturated heterocycles. The first-order valence-corrected chi connectivity index (χ1v) is 6.25. The molecule has 1 aliphatic rings. The van der Waals surface area contributed by atoms with E-state index in [1.54, 1.807) is 30.0 Å². The number of thioether (sulfide) groups is 1. The highest BCUT2D eigenvalue weighted by Crippen LogP contribution is 2.39. The topological polar surface area (TPSA) is 12.0 Å². The normalized spacial score (nSPS) is 24.4. The van der Waals surface area contributed by atoms with Crippen molar-refractivity contribution in [3.63, 3.8) is 0 Å². The number of nitrogens with one attached hydrogen (secondary N) is 1. The van der Waals surface area contributed by atoms with Gasteiger partial charge >= 0.3 is 0 Å². The Kier molecular flexibility index (Phi) is 2.97. The van der Waals surface area contributed by atoms with Crippen molar-refractivity contribution in [3.8, 4) is 0 Å². The van der Waals surface area contributed by atoms with Crippen molar-refractivity contribution in [1.29, 1.82) is 0 Å². The van der Waals surface area contributed by atoms with Crippen molar-refractivity contribution in [2.24, 2.45) is 0 Å². The molecule has 4 heteroatoms. The van der Waals surface area contributed by atoms with Crippen LogP contribution in [0.2, 0.25) is 5.02 Å². The van der Waals surface area contributed by atoms with Crippen LogP contribution in [0.3, 0.4) is 0 Å². The van der Waals surface area contributed by atoms with Crippen LogP contribution >= 0.6 is 23.4 Å². The van der Waals surface area contributed by atoms with Gasteiger partial charge in [-0.25, -0.2) is 4.39 Å². The van der Waals surface area contributed by atoms with Crippen LogP contribution in [0.15, 0.2) is 18.2 Å². The molecule has 0 aromatic heterocycles. The molecule has 1 N–H and O–H groups in total.